The lowest BCUT2D eigenvalue weighted by Crippen LogP contribution is -2.36. The van der Waals surface area contributed by atoms with Crippen molar-refractivity contribution in [1.82, 2.24) is 19.8 Å². The second-order valence-electron chi connectivity index (χ2n) is 8.04. The first-order chi connectivity index (χ1) is 14.8. The van der Waals surface area contributed by atoms with E-state index in [0.29, 0.717) is 37.8 Å². The zero-order chi connectivity index (χ0) is 22.4. The van der Waals surface area contributed by atoms with Crippen LogP contribution in [0.3, 0.4) is 0 Å². The topological polar surface area (TPSA) is 111 Å². The summed E-state index contributed by atoms with van der Waals surface area (Å²) in [5.74, 6) is 0.0991. The van der Waals surface area contributed by atoms with E-state index >= 15 is 0 Å². The fourth-order valence-electron chi connectivity index (χ4n) is 3.63. The average molecular weight is 450 g/mol. The fourth-order valence-corrected chi connectivity index (χ4v) is 4.60. The summed E-state index contributed by atoms with van der Waals surface area (Å²) in [6, 6.07) is 4.49. The molecule has 2 aliphatic rings. The van der Waals surface area contributed by atoms with Crippen molar-refractivity contribution in [3.05, 3.63) is 35.9 Å². The number of benzene rings is 1. The summed E-state index contributed by atoms with van der Waals surface area (Å²) < 4.78 is 26.5. The number of sulfonamides is 1. The Morgan fingerprint density at radius 1 is 1.26 bits per heavy atom. The molecule has 1 heterocycles. The molecule has 1 aromatic rings. The largest absolute Gasteiger partial charge is 0.385 e. The van der Waals surface area contributed by atoms with Crippen LogP contribution < -0.4 is 16.0 Å². The molecule has 3 amide bonds. The van der Waals surface area contributed by atoms with Crippen molar-refractivity contribution >= 4 is 27.6 Å². The molecule has 10 heteroatoms. The summed E-state index contributed by atoms with van der Waals surface area (Å²) in [5, 5.41) is 8.80. The minimum absolute atomic E-state index is 0.0649. The van der Waals surface area contributed by atoms with Crippen molar-refractivity contribution in [2.75, 3.05) is 52.1 Å². The Morgan fingerprint density at radius 2 is 2.06 bits per heavy atom. The SMILES string of the molecule is CN(C)S(=O)(=O)c1cc(NCC2CC=CCC2)cc(C(=O)NCCN2CCNC2=O)c1. The lowest BCUT2D eigenvalue weighted by atomic mass is 9.94. The summed E-state index contributed by atoms with van der Waals surface area (Å²) in [4.78, 5) is 26.0. The maximum atomic E-state index is 12.7. The molecule has 1 aliphatic heterocycles. The van der Waals surface area contributed by atoms with Crippen molar-refractivity contribution in [1.29, 1.82) is 0 Å². The summed E-state index contributed by atoms with van der Waals surface area (Å²) in [6.07, 6.45) is 7.46. The standard InChI is InChI=1S/C21H31N5O4S/c1-25(2)31(29,30)19-13-17(20(27)22-8-10-26-11-9-23-21(26)28)12-18(14-19)24-15-16-6-4-3-5-7-16/h3-4,12-14,16,24H,5-11,15H2,1-2H3,(H,22,27)(H,23,28). The molecule has 1 saturated heterocycles. The zero-order valence-electron chi connectivity index (χ0n) is 18.1. The summed E-state index contributed by atoms with van der Waals surface area (Å²) in [5.41, 5.74) is 0.862. The van der Waals surface area contributed by atoms with Crippen LogP contribution in [0.2, 0.25) is 0 Å². The van der Waals surface area contributed by atoms with Gasteiger partial charge in [0.15, 0.2) is 0 Å². The van der Waals surface area contributed by atoms with Crippen molar-refractivity contribution in [2.24, 2.45) is 5.92 Å². The van der Waals surface area contributed by atoms with Crippen LogP contribution in [0.25, 0.3) is 0 Å². The number of amides is 3. The van der Waals surface area contributed by atoms with E-state index in [1.807, 2.05) is 0 Å². The Hall–Kier alpha value is -2.59. The molecule has 3 rings (SSSR count). The van der Waals surface area contributed by atoms with Gasteiger partial charge in [-0.3, -0.25) is 4.79 Å². The monoisotopic (exact) mass is 449 g/mol. The zero-order valence-corrected chi connectivity index (χ0v) is 18.9. The van der Waals surface area contributed by atoms with Crippen LogP contribution in [-0.4, -0.2) is 76.4 Å². The van der Waals surface area contributed by atoms with Gasteiger partial charge in [0.25, 0.3) is 5.91 Å². The molecular weight excluding hydrogens is 418 g/mol. The number of nitrogens with zero attached hydrogens (tertiary/aromatic N) is 2. The molecule has 9 nitrogen and oxygen atoms in total. The van der Waals surface area contributed by atoms with Gasteiger partial charge >= 0.3 is 6.03 Å². The number of allylic oxidation sites excluding steroid dienone is 2. The van der Waals surface area contributed by atoms with E-state index in [1.165, 1.54) is 20.2 Å². The Labute approximate surface area is 183 Å². The highest BCUT2D eigenvalue weighted by atomic mass is 32.2. The Bertz CT molecular complexity index is 945. The van der Waals surface area contributed by atoms with E-state index in [0.717, 1.165) is 23.6 Å². The lowest BCUT2D eigenvalue weighted by Gasteiger charge is -2.20. The Morgan fingerprint density at radius 3 is 2.71 bits per heavy atom. The Balaban J connectivity index is 1.72. The molecular formula is C21H31N5O4S. The summed E-state index contributed by atoms with van der Waals surface area (Å²) >= 11 is 0. The number of carbonyl (C=O) groups excluding carboxylic acids is 2. The van der Waals surface area contributed by atoms with Crippen LogP contribution in [-0.2, 0) is 10.0 Å². The van der Waals surface area contributed by atoms with Crippen LogP contribution in [0, 0.1) is 5.92 Å². The van der Waals surface area contributed by atoms with Gasteiger partial charge in [0, 0.05) is 58.1 Å². The van der Waals surface area contributed by atoms with Crippen molar-refractivity contribution in [2.45, 2.75) is 24.2 Å². The summed E-state index contributed by atoms with van der Waals surface area (Å²) in [7, 11) is -0.773. The molecule has 0 aromatic heterocycles. The molecule has 0 saturated carbocycles. The highest BCUT2D eigenvalue weighted by molar-refractivity contribution is 7.89. The predicted octanol–water partition coefficient (Wildman–Crippen LogP) is 1.46. The van der Waals surface area contributed by atoms with Gasteiger partial charge in [-0.15, -0.1) is 0 Å². The first-order valence-electron chi connectivity index (χ1n) is 10.5. The molecule has 1 fully saturated rings. The molecule has 1 aromatic carbocycles. The molecule has 1 atom stereocenters. The van der Waals surface area contributed by atoms with Gasteiger partial charge in [-0.2, -0.15) is 0 Å². The maximum Gasteiger partial charge on any atom is 0.317 e. The number of carbonyl (C=O) groups is 2. The third kappa shape index (κ3) is 5.98. The van der Waals surface area contributed by atoms with Crippen molar-refractivity contribution in [3.63, 3.8) is 0 Å². The van der Waals surface area contributed by atoms with Crippen LogP contribution in [0.4, 0.5) is 10.5 Å². The minimum atomic E-state index is -3.70. The molecule has 1 unspecified atom stereocenters. The molecule has 1 aliphatic carbocycles. The smallest absolute Gasteiger partial charge is 0.317 e. The number of nitrogens with one attached hydrogen (secondary N) is 3. The first kappa shape index (κ1) is 23.1. The Kier molecular flexibility index (Phi) is 7.55. The quantitative estimate of drug-likeness (QED) is 0.495. The molecule has 170 valence electrons. The highest BCUT2D eigenvalue weighted by Gasteiger charge is 2.22. The number of rotatable bonds is 9. The average Bonchev–Trinajstić information content (AvgIpc) is 3.17. The molecule has 0 bridgehead atoms. The lowest BCUT2D eigenvalue weighted by molar-refractivity contribution is 0.0950. The number of hydrogen-bond donors (Lipinski definition) is 3. The van der Waals surface area contributed by atoms with Gasteiger partial charge in [-0.05, 0) is 43.4 Å². The van der Waals surface area contributed by atoms with Crippen molar-refractivity contribution < 1.29 is 18.0 Å². The predicted molar refractivity (Wildman–Crippen MR) is 120 cm³/mol. The number of anilines is 1. The van der Waals surface area contributed by atoms with Gasteiger partial charge in [0.1, 0.15) is 0 Å². The second kappa shape index (κ2) is 10.1. The van der Waals surface area contributed by atoms with Gasteiger partial charge < -0.3 is 20.9 Å². The maximum absolute atomic E-state index is 12.7. The normalized spacial score (nSPS) is 18.9. The van der Waals surface area contributed by atoms with Crippen molar-refractivity contribution in [3.8, 4) is 0 Å². The number of urea groups is 1. The molecule has 0 spiro atoms. The van der Waals surface area contributed by atoms with Crippen LogP contribution in [0.5, 0.6) is 0 Å². The van der Waals surface area contributed by atoms with Crippen LogP contribution >= 0.6 is 0 Å². The van der Waals surface area contributed by atoms with Gasteiger partial charge in [0.05, 0.1) is 4.90 Å². The van der Waals surface area contributed by atoms with Crippen LogP contribution in [0.15, 0.2) is 35.2 Å². The number of hydrogen-bond acceptors (Lipinski definition) is 5. The fraction of sp³-hybridized carbons (Fsp3) is 0.524. The van der Waals surface area contributed by atoms with E-state index in [4.69, 9.17) is 0 Å². The van der Waals surface area contributed by atoms with E-state index in [9.17, 15) is 18.0 Å². The highest BCUT2D eigenvalue weighted by Crippen LogP contribution is 2.23. The molecule has 0 radical (unpaired) electrons. The second-order valence-corrected chi connectivity index (χ2v) is 10.2. The van der Waals surface area contributed by atoms with Gasteiger partial charge in [0.2, 0.25) is 10.0 Å². The molecule has 31 heavy (non-hydrogen) atoms. The van der Waals surface area contributed by atoms with E-state index in [-0.39, 0.29) is 28.9 Å². The minimum Gasteiger partial charge on any atom is -0.385 e. The third-order valence-corrected chi connectivity index (χ3v) is 7.33. The van der Waals surface area contributed by atoms with E-state index in [2.05, 4.69) is 28.1 Å². The van der Waals surface area contributed by atoms with Crippen LogP contribution in [0.1, 0.15) is 29.6 Å². The van der Waals surface area contributed by atoms with E-state index in [1.54, 1.807) is 17.0 Å². The summed E-state index contributed by atoms with van der Waals surface area (Å²) in [6.45, 7) is 2.60. The molecule has 3 N–H and O–H groups in total. The van der Waals surface area contributed by atoms with Gasteiger partial charge in [-0.1, -0.05) is 12.2 Å². The third-order valence-electron chi connectivity index (χ3n) is 5.53. The van der Waals surface area contributed by atoms with E-state index < -0.39 is 10.0 Å². The first-order valence-corrected chi connectivity index (χ1v) is 12.0. The van der Waals surface area contributed by atoms with Gasteiger partial charge in [-0.25, -0.2) is 17.5 Å².